The van der Waals surface area contributed by atoms with Gasteiger partial charge in [0, 0.05) is 29.6 Å². The van der Waals surface area contributed by atoms with Crippen LogP contribution in [0.4, 0.5) is 0 Å². The molecule has 3 saturated carbocycles. The fourth-order valence-electron chi connectivity index (χ4n) is 8.42. The molecule has 1 spiro atoms. The molecular formula is C26H36O7. The van der Waals surface area contributed by atoms with Crippen molar-refractivity contribution in [1.29, 1.82) is 0 Å². The molecule has 0 amide bonds. The molecule has 4 fully saturated rings. The largest absolute Gasteiger partial charge is 0.469 e. The van der Waals surface area contributed by atoms with Crippen molar-refractivity contribution in [3.63, 3.8) is 0 Å². The summed E-state index contributed by atoms with van der Waals surface area (Å²) in [7, 11) is 1.37. The van der Waals surface area contributed by atoms with Gasteiger partial charge in [0.25, 0.3) is 0 Å². The van der Waals surface area contributed by atoms with Crippen LogP contribution in [-0.4, -0.2) is 53.9 Å². The van der Waals surface area contributed by atoms with Crippen LogP contribution in [0.1, 0.15) is 72.1 Å². The first-order valence-electron chi connectivity index (χ1n) is 12.4. The third-order valence-corrected chi connectivity index (χ3v) is 10.3. The lowest BCUT2D eigenvalue weighted by Crippen LogP contribution is -2.63. The highest BCUT2D eigenvalue weighted by Crippen LogP contribution is 2.77. The lowest BCUT2D eigenvalue weighted by Gasteiger charge is -2.58. The van der Waals surface area contributed by atoms with Gasteiger partial charge in [-0.25, -0.2) is 0 Å². The SMILES string of the molecule is CCOC(=O)[C@@H]1CC2=CC(=O)CC[C@]2(C)[C@@]23O[C@@H]2C[C@@]2(C)[C@@H](CC[C@]2(O)CCC(=O)OC)[C@H]13. The molecule has 0 aromatic carbocycles. The van der Waals surface area contributed by atoms with Crippen LogP contribution in [-0.2, 0) is 28.6 Å². The van der Waals surface area contributed by atoms with E-state index in [0.717, 1.165) is 18.4 Å². The van der Waals surface area contributed by atoms with Crippen molar-refractivity contribution in [3.05, 3.63) is 11.6 Å². The van der Waals surface area contributed by atoms with Gasteiger partial charge in [0.2, 0.25) is 0 Å². The van der Waals surface area contributed by atoms with E-state index in [-0.39, 0.29) is 47.5 Å². The van der Waals surface area contributed by atoms with Crippen LogP contribution >= 0.6 is 0 Å². The summed E-state index contributed by atoms with van der Waals surface area (Å²) in [6, 6.07) is 0. The molecule has 1 N–H and O–H groups in total. The number of esters is 2. The zero-order valence-electron chi connectivity index (χ0n) is 20.1. The average Bonchev–Trinajstić information content (AvgIpc) is 3.44. The molecule has 1 heterocycles. The first-order valence-corrected chi connectivity index (χ1v) is 12.4. The molecule has 4 aliphatic carbocycles. The standard InChI is InChI=1S/C26H36O7/c1-5-32-22(29)17-13-15-12-16(27)6-9-23(15,2)26-19(33-26)14-24(3)18(21(17)26)7-10-25(24,30)11-8-20(28)31-4/h12,17-19,21,30H,5-11,13-14H2,1-4H3/t17-,18+,19-,21+,23+,24+,25+,26-/m1/s1. The van der Waals surface area contributed by atoms with E-state index in [0.29, 0.717) is 38.7 Å². The zero-order chi connectivity index (χ0) is 23.8. The third-order valence-electron chi connectivity index (χ3n) is 10.3. The highest BCUT2D eigenvalue weighted by atomic mass is 16.6. The van der Waals surface area contributed by atoms with Crippen molar-refractivity contribution in [3.8, 4) is 0 Å². The molecule has 8 atom stereocenters. The van der Waals surface area contributed by atoms with Gasteiger partial charge in [-0.15, -0.1) is 0 Å². The lowest BCUT2D eigenvalue weighted by molar-refractivity contribution is -0.165. The number of carbonyl (C=O) groups is 3. The van der Waals surface area contributed by atoms with Crippen molar-refractivity contribution in [2.75, 3.05) is 13.7 Å². The summed E-state index contributed by atoms with van der Waals surface area (Å²) in [5.41, 5.74) is -1.23. The number of carbonyl (C=O) groups excluding carboxylic acids is 3. The quantitative estimate of drug-likeness (QED) is 0.497. The first-order chi connectivity index (χ1) is 15.6. The van der Waals surface area contributed by atoms with Crippen LogP contribution in [0, 0.1) is 28.6 Å². The van der Waals surface area contributed by atoms with E-state index in [1.165, 1.54) is 7.11 Å². The number of methoxy groups -OCH3 is 1. The molecule has 5 aliphatic rings. The predicted octanol–water partition coefficient (Wildman–Crippen LogP) is 3.12. The van der Waals surface area contributed by atoms with E-state index in [9.17, 15) is 19.5 Å². The van der Waals surface area contributed by atoms with Crippen molar-refractivity contribution in [2.24, 2.45) is 28.6 Å². The Labute approximate surface area is 195 Å². The molecule has 33 heavy (non-hydrogen) atoms. The Hall–Kier alpha value is -1.73. The summed E-state index contributed by atoms with van der Waals surface area (Å²) < 4.78 is 17.0. The second kappa shape index (κ2) is 7.38. The number of fused-ring (bicyclic) bond motifs is 3. The molecule has 0 aromatic heterocycles. The van der Waals surface area contributed by atoms with Gasteiger partial charge >= 0.3 is 11.9 Å². The molecule has 0 unspecified atom stereocenters. The summed E-state index contributed by atoms with van der Waals surface area (Å²) in [5, 5.41) is 11.8. The molecule has 0 aromatic rings. The summed E-state index contributed by atoms with van der Waals surface area (Å²) in [6.45, 7) is 6.45. The van der Waals surface area contributed by atoms with E-state index in [4.69, 9.17) is 14.2 Å². The van der Waals surface area contributed by atoms with Crippen LogP contribution in [0.5, 0.6) is 0 Å². The second-order valence-corrected chi connectivity index (χ2v) is 11.3. The number of epoxide rings is 1. The third kappa shape index (κ3) is 2.90. The number of hydrogen-bond acceptors (Lipinski definition) is 7. The topological polar surface area (TPSA) is 102 Å². The van der Waals surface area contributed by atoms with Crippen molar-refractivity contribution in [1.82, 2.24) is 0 Å². The van der Waals surface area contributed by atoms with Gasteiger partial charge in [-0.2, -0.15) is 0 Å². The van der Waals surface area contributed by atoms with Crippen LogP contribution in [0.2, 0.25) is 0 Å². The van der Waals surface area contributed by atoms with Crippen molar-refractivity contribution >= 4 is 17.7 Å². The summed E-state index contributed by atoms with van der Waals surface area (Å²) in [6.07, 6.45) is 6.01. The van der Waals surface area contributed by atoms with Crippen LogP contribution < -0.4 is 0 Å². The Balaban J connectivity index is 1.56. The molecule has 0 bridgehead atoms. The van der Waals surface area contributed by atoms with E-state index in [1.54, 1.807) is 6.08 Å². The Morgan fingerprint density at radius 2 is 2.03 bits per heavy atom. The summed E-state index contributed by atoms with van der Waals surface area (Å²) in [4.78, 5) is 37.4. The van der Waals surface area contributed by atoms with Gasteiger partial charge in [0.1, 0.15) is 5.60 Å². The highest BCUT2D eigenvalue weighted by Gasteiger charge is 2.82. The molecule has 1 aliphatic heterocycles. The number of hydrogen-bond donors (Lipinski definition) is 1. The molecule has 1 saturated heterocycles. The predicted molar refractivity (Wildman–Crippen MR) is 118 cm³/mol. The molecule has 5 rings (SSSR count). The average molecular weight is 461 g/mol. The minimum Gasteiger partial charge on any atom is -0.469 e. The van der Waals surface area contributed by atoms with Gasteiger partial charge in [0.15, 0.2) is 5.78 Å². The van der Waals surface area contributed by atoms with Crippen molar-refractivity contribution in [2.45, 2.75) is 89.4 Å². The smallest absolute Gasteiger partial charge is 0.309 e. The van der Waals surface area contributed by atoms with E-state index in [1.807, 2.05) is 6.92 Å². The van der Waals surface area contributed by atoms with Gasteiger partial charge in [-0.05, 0) is 57.4 Å². The highest BCUT2D eigenvalue weighted by molar-refractivity contribution is 5.92. The molecule has 7 nitrogen and oxygen atoms in total. The molecule has 7 heteroatoms. The normalized spacial score (nSPS) is 47.4. The number of rotatable bonds is 5. The monoisotopic (exact) mass is 460 g/mol. The maximum absolute atomic E-state index is 13.3. The van der Waals surface area contributed by atoms with Crippen LogP contribution in [0.3, 0.4) is 0 Å². The molecule has 0 radical (unpaired) electrons. The fourth-order valence-corrected chi connectivity index (χ4v) is 8.42. The lowest BCUT2D eigenvalue weighted by atomic mass is 9.43. The Morgan fingerprint density at radius 3 is 2.73 bits per heavy atom. The van der Waals surface area contributed by atoms with Gasteiger partial charge in [-0.1, -0.05) is 19.4 Å². The van der Waals surface area contributed by atoms with Crippen molar-refractivity contribution < 1.29 is 33.7 Å². The Morgan fingerprint density at radius 1 is 1.27 bits per heavy atom. The molecular weight excluding hydrogens is 424 g/mol. The van der Waals surface area contributed by atoms with Gasteiger partial charge in [-0.3, -0.25) is 14.4 Å². The Kier molecular flexibility index (Phi) is 5.15. The summed E-state index contributed by atoms with van der Waals surface area (Å²) >= 11 is 0. The zero-order valence-corrected chi connectivity index (χ0v) is 20.1. The fraction of sp³-hybridized carbons (Fsp3) is 0.808. The second-order valence-electron chi connectivity index (χ2n) is 11.3. The number of ketones is 1. The van der Waals surface area contributed by atoms with E-state index in [2.05, 4.69) is 13.8 Å². The first kappa shape index (κ1) is 23.0. The Bertz CT molecular complexity index is 926. The number of ether oxygens (including phenoxy) is 3. The maximum Gasteiger partial charge on any atom is 0.309 e. The van der Waals surface area contributed by atoms with Gasteiger partial charge in [0.05, 0.1) is 31.3 Å². The summed E-state index contributed by atoms with van der Waals surface area (Å²) in [5.74, 6) is -0.832. The molecule has 182 valence electrons. The minimum atomic E-state index is -1.01. The van der Waals surface area contributed by atoms with Gasteiger partial charge < -0.3 is 19.3 Å². The van der Waals surface area contributed by atoms with Crippen LogP contribution in [0.25, 0.3) is 0 Å². The van der Waals surface area contributed by atoms with E-state index < -0.39 is 22.5 Å². The minimum absolute atomic E-state index is 0.0734. The maximum atomic E-state index is 13.3. The van der Waals surface area contributed by atoms with Crippen LogP contribution in [0.15, 0.2) is 11.6 Å². The number of aliphatic hydroxyl groups is 1. The van der Waals surface area contributed by atoms with E-state index >= 15 is 0 Å².